The zero-order valence-corrected chi connectivity index (χ0v) is 10.5. The Bertz CT molecular complexity index is 554. The fraction of sp³-hybridized carbons (Fsp3) is 0.0769. The van der Waals surface area contributed by atoms with E-state index in [1.807, 2.05) is 0 Å². The van der Waals surface area contributed by atoms with E-state index in [1.165, 1.54) is 0 Å². The molecule has 0 spiro atoms. The minimum Gasteiger partial charge on any atom is -0.373 e. The first kappa shape index (κ1) is 12.4. The van der Waals surface area contributed by atoms with E-state index in [0.29, 0.717) is 22.2 Å². The minimum absolute atomic E-state index is 0.255. The Balaban J connectivity index is 2.14. The van der Waals surface area contributed by atoms with Gasteiger partial charge in [0.05, 0.1) is 0 Å². The van der Waals surface area contributed by atoms with Gasteiger partial charge in [-0.3, -0.25) is 4.79 Å². The monoisotopic (exact) mass is 261 g/mol. The van der Waals surface area contributed by atoms with Crippen molar-refractivity contribution in [2.75, 3.05) is 17.7 Å². The maximum Gasteiger partial charge on any atom is 0.274 e. The van der Waals surface area contributed by atoms with Crippen LogP contribution in [0.1, 0.15) is 10.5 Å². The molecule has 0 aliphatic rings. The van der Waals surface area contributed by atoms with Crippen molar-refractivity contribution in [1.82, 2.24) is 4.98 Å². The van der Waals surface area contributed by atoms with Gasteiger partial charge in [-0.25, -0.2) is 4.98 Å². The largest absolute Gasteiger partial charge is 0.373 e. The summed E-state index contributed by atoms with van der Waals surface area (Å²) in [5.74, 6) is 0.396. The summed E-state index contributed by atoms with van der Waals surface area (Å²) in [5.41, 5.74) is 1.04. The lowest BCUT2D eigenvalue weighted by Crippen LogP contribution is -2.14. The molecule has 18 heavy (non-hydrogen) atoms. The van der Waals surface area contributed by atoms with Crippen molar-refractivity contribution in [3.8, 4) is 0 Å². The smallest absolute Gasteiger partial charge is 0.274 e. The first-order valence-electron chi connectivity index (χ1n) is 5.41. The highest BCUT2D eigenvalue weighted by Crippen LogP contribution is 2.14. The van der Waals surface area contributed by atoms with Gasteiger partial charge in [-0.1, -0.05) is 17.7 Å². The fourth-order valence-electron chi connectivity index (χ4n) is 1.43. The SMILES string of the molecule is CNc1cccc(C(=O)Nc2ccc(Cl)cc2)n1. The highest BCUT2D eigenvalue weighted by atomic mass is 35.5. The second-order valence-corrected chi connectivity index (χ2v) is 4.06. The van der Waals surface area contributed by atoms with Crippen molar-refractivity contribution in [3.63, 3.8) is 0 Å². The predicted octanol–water partition coefficient (Wildman–Crippen LogP) is 3.03. The molecule has 0 aliphatic carbocycles. The molecule has 0 aliphatic heterocycles. The van der Waals surface area contributed by atoms with Gasteiger partial charge in [0.15, 0.2) is 0 Å². The van der Waals surface area contributed by atoms with Crippen molar-refractivity contribution in [3.05, 3.63) is 53.2 Å². The number of halogens is 1. The molecule has 2 aromatic rings. The van der Waals surface area contributed by atoms with Crippen LogP contribution in [0.5, 0.6) is 0 Å². The van der Waals surface area contributed by atoms with Gasteiger partial charge in [-0.2, -0.15) is 0 Å². The third-order valence-electron chi connectivity index (χ3n) is 2.34. The Labute approximate surface area is 110 Å². The van der Waals surface area contributed by atoms with E-state index >= 15 is 0 Å². The molecule has 0 fully saturated rings. The van der Waals surface area contributed by atoms with Gasteiger partial charge >= 0.3 is 0 Å². The number of pyridine rings is 1. The molecule has 5 heteroatoms. The lowest BCUT2D eigenvalue weighted by atomic mass is 10.3. The molecule has 92 valence electrons. The summed E-state index contributed by atoms with van der Waals surface area (Å²) < 4.78 is 0. The first-order valence-corrected chi connectivity index (χ1v) is 5.78. The van der Waals surface area contributed by atoms with Crippen molar-refractivity contribution < 1.29 is 4.79 Å². The molecular formula is C13H12ClN3O. The molecular weight excluding hydrogens is 250 g/mol. The van der Waals surface area contributed by atoms with Crippen LogP contribution in [-0.2, 0) is 0 Å². The third-order valence-corrected chi connectivity index (χ3v) is 2.59. The number of hydrogen-bond donors (Lipinski definition) is 2. The zero-order valence-electron chi connectivity index (χ0n) is 9.77. The van der Waals surface area contributed by atoms with Gasteiger partial charge in [-0.15, -0.1) is 0 Å². The Morgan fingerprint density at radius 2 is 1.89 bits per heavy atom. The molecule has 4 nitrogen and oxygen atoms in total. The predicted molar refractivity (Wildman–Crippen MR) is 73.2 cm³/mol. The lowest BCUT2D eigenvalue weighted by molar-refractivity contribution is 0.102. The number of nitrogens with one attached hydrogen (secondary N) is 2. The number of anilines is 2. The van der Waals surface area contributed by atoms with Crippen LogP contribution in [0.3, 0.4) is 0 Å². The van der Waals surface area contributed by atoms with E-state index < -0.39 is 0 Å². The summed E-state index contributed by atoms with van der Waals surface area (Å²) in [5, 5.41) is 6.26. The average Bonchev–Trinajstić information content (AvgIpc) is 2.41. The number of aromatic nitrogens is 1. The normalized spacial score (nSPS) is 9.89. The summed E-state index contributed by atoms with van der Waals surface area (Å²) in [6, 6.07) is 12.1. The summed E-state index contributed by atoms with van der Waals surface area (Å²) in [6.45, 7) is 0. The topological polar surface area (TPSA) is 54.0 Å². The van der Waals surface area contributed by atoms with Crippen LogP contribution in [0.2, 0.25) is 5.02 Å². The van der Waals surface area contributed by atoms with Gasteiger partial charge in [0.1, 0.15) is 11.5 Å². The van der Waals surface area contributed by atoms with Gasteiger partial charge in [0.2, 0.25) is 0 Å². The molecule has 1 heterocycles. The average molecular weight is 262 g/mol. The maximum atomic E-state index is 11.9. The fourth-order valence-corrected chi connectivity index (χ4v) is 1.55. The molecule has 0 atom stereocenters. The second kappa shape index (κ2) is 5.51. The maximum absolute atomic E-state index is 11.9. The molecule has 1 aromatic carbocycles. The number of nitrogens with zero attached hydrogens (tertiary/aromatic N) is 1. The van der Waals surface area contributed by atoms with E-state index in [2.05, 4.69) is 15.6 Å². The van der Waals surface area contributed by atoms with Gasteiger partial charge < -0.3 is 10.6 Å². The molecule has 0 saturated heterocycles. The lowest BCUT2D eigenvalue weighted by Gasteiger charge is -2.06. The van der Waals surface area contributed by atoms with E-state index in [4.69, 9.17) is 11.6 Å². The van der Waals surface area contributed by atoms with Crippen molar-refractivity contribution in [1.29, 1.82) is 0 Å². The molecule has 2 rings (SSSR count). The van der Waals surface area contributed by atoms with Gasteiger partial charge in [0.25, 0.3) is 5.91 Å². The third kappa shape index (κ3) is 2.99. The Morgan fingerprint density at radius 1 is 1.17 bits per heavy atom. The van der Waals surface area contributed by atoms with E-state index in [1.54, 1.807) is 49.5 Å². The number of hydrogen-bond acceptors (Lipinski definition) is 3. The molecule has 0 unspecified atom stereocenters. The van der Waals surface area contributed by atoms with E-state index in [-0.39, 0.29) is 5.91 Å². The Hall–Kier alpha value is -2.07. The number of carbonyl (C=O) groups is 1. The molecule has 0 radical (unpaired) electrons. The Kier molecular flexibility index (Phi) is 3.79. The van der Waals surface area contributed by atoms with Crippen molar-refractivity contribution in [2.24, 2.45) is 0 Å². The minimum atomic E-state index is -0.255. The molecule has 0 bridgehead atoms. The molecule has 2 N–H and O–H groups in total. The summed E-state index contributed by atoms with van der Waals surface area (Å²) in [6.07, 6.45) is 0. The highest BCUT2D eigenvalue weighted by molar-refractivity contribution is 6.30. The van der Waals surface area contributed by atoms with Crippen LogP contribution < -0.4 is 10.6 Å². The number of amides is 1. The number of rotatable bonds is 3. The number of carbonyl (C=O) groups excluding carboxylic acids is 1. The standard InChI is InChI=1S/C13H12ClN3O/c1-15-12-4-2-3-11(17-12)13(18)16-10-7-5-9(14)6-8-10/h2-8H,1H3,(H,15,17)(H,16,18). The van der Waals surface area contributed by atoms with Crippen LogP contribution >= 0.6 is 11.6 Å². The van der Waals surface area contributed by atoms with Crippen LogP contribution in [0, 0.1) is 0 Å². The summed E-state index contributed by atoms with van der Waals surface area (Å²) in [4.78, 5) is 16.1. The van der Waals surface area contributed by atoms with Gasteiger partial charge in [-0.05, 0) is 36.4 Å². The van der Waals surface area contributed by atoms with Crippen LogP contribution in [0.25, 0.3) is 0 Å². The Morgan fingerprint density at radius 3 is 2.56 bits per heavy atom. The van der Waals surface area contributed by atoms with E-state index in [0.717, 1.165) is 0 Å². The second-order valence-electron chi connectivity index (χ2n) is 3.62. The van der Waals surface area contributed by atoms with Crippen LogP contribution in [0.15, 0.2) is 42.5 Å². The van der Waals surface area contributed by atoms with E-state index in [9.17, 15) is 4.79 Å². The first-order chi connectivity index (χ1) is 8.69. The summed E-state index contributed by atoms with van der Waals surface area (Å²) in [7, 11) is 1.75. The highest BCUT2D eigenvalue weighted by Gasteiger charge is 2.07. The van der Waals surface area contributed by atoms with Crippen molar-refractivity contribution in [2.45, 2.75) is 0 Å². The van der Waals surface area contributed by atoms with Crippen LogP contribution in [-0.4, -0.2) is 17.9 Å². The molecule has 1 amide bonds. The number of benzene rings is 1. The zero-order chi connectivity index (χ0) is 13.0. The molecule has 1 aromatic heterocycles. The van der Waals surface area contributed by atoms with Crippen LogP contribution in [0.4, 0.5) is 11.5 Å². The quantitative estimate of drug-likeness (QED) is 0.893. The molecule has 0 saturated carbocycles. The van der Waals surface area contributed by atoms with Gasteiger partial charge in [0, 0.05) is 17.8 Å². The summed E-state index contributed by atoms with van der Waals surface area (Å²) >= 11 is 5.77. The van der Waals surface area contributed by atoms with Crippen molar-refractivity contribution >= 4 is 29.0 Å².